The van der Waals surface area contributed by atoms with E-state index in [9.17, 15) is 0 Å². The average Bonchev–Trinajstić information content (AvgIpc) is 3.62. The van der Waals surface area contributed by atoms with Crippen molar-refractivity contribution in [1.29, 1.82) is 0 Å². The summed E-state index contributed by atoms with van der Waals surface area (Å²) in [5.41, 5.74) is 12.6. The van der Waals surface area contributed by atoms with E-state index in [0.717, 1.165) is 71.9 Å². The monoisotopic (exact) mass is 676 g/mol. The Morgan fingerprint density at radius 1 is 0.434 bits per heavy atom. The molecule has 0 unspecified atom stereocenters. The summed E-state index contributed by atoms with van der Waals surface area (Å²) in [5.74, 6) is 0. The van der Waals surface area contributed by atoms with Crippen LogP contribution in [0.2, 0.25) is 0 Å². The maximum absolute atomic E-state index is 6.47. The van der Waals surface area contributed by atoms with Crippen LogP contribution in [-0.4, -0.2) is 4.98 Å². The highest BCUT2D eigenvalue weighted by molar-refractivity contribution is 6.28. The fourth-order valence-electron chi connectivity index (χ4n) is 8.94. The lowest BCUT2D eigenvalue weighted by Crippen LogP contribution is -2.37. The van der Waals surface area contributed by atoms with E-state index >= 15 is 0 Å². The number of benzene rings is 8. The first-order valence-electron chi connectivity index (χ1n) is 18.1. The van der Waals surface area contributed by atoms with Gasteiger partial charge in [0.05, 0.1) is 28.0 Å². The first-order chi connectivity index (χ1) is 26.3. The van der Waals surface area contributed by atoms with E-state index in [4.69, 9.17) is 9.40 Å². The molecule has 0 spiro atoms. The van der Waals surface area contributed by atoms with E-state index in [2.05, 4.69) is 193 Å². The van der Waals surface area contributed by atoms with Crippen molar-refractivity contribution in [1.82, 2.24) is 4.98 Å². The zero-order valence-corrected chi connectivity index (χ0v) is 28.8. The second kappa shape index (κ2) is 11.5. The fourth-order valence-corrected chi connectivity index (χ4v) is 8.94. The van der Waals surface area contributed by atoms with E-state index in [-0.39, 0.29) is 0 Å². The van der Waals surface area contributed by atoms with Gasteiger partial charge in [0.2, 0.25) is 0 Å². The molecule has 3 heterocycles. The molecular formula is C50H32N2O. The first kappa shape index (κ1) is 29.7. The standard InChI is InChI=1S/C50H32N2O/c1-4-16-33(17-5-1)49-38-29-31-46-48(37-22-10-15-27-45(37)53-46)47(38)39-32-36(28-30-42(39)51-49)52-43-25-13-11-23-40(43)50(34-18-6-2-7-19-34,35-20-8-3-9-21-35)41-24-12-14-26-44(41)52/h1-32H. The Morgan fingerprint density at radius 2 is 1.02 bits per heavy atom. The molecular weight excluding hydrogens is 645 g/mol. The summed E-state index contributed by atoms with van der Waals surface area (Å²) in [5, 5.41) is 5.57. The van der Waals surface area contributed by atoms with Crippen LogP contribution in [-0.2, 0) is 5.41 Å². The molecule has 0 saturated carbocycles. The van der Waals surface area contributed by atoms with Crippen LogP contribution in [0.5, 0.6) is 0 Å². The number of hydrogen-bond acceptors (Lipinski definition) is 3. The van der Waals surface area contributed by atoms with Crippen molar-refractivity contribution in [2.45, 2.75) is 5.41 Å². The number of para-hydroxylation sites is 3. The van der Waals surface area contributed by atoms with Gasteiger partial charge in [-0.2, -0.15) is 0 Å². The lowest BCUT2D eigenvalue weighted by molar-refractivity contribution is 0.669. The molecule has 2 aromatic heterocycles. The van der Waals surface area contributed by atoms with Gasteiger partial charge in [-0.05, 0) is 70.8 Å². The van der Waals surface area contributed by atoms with E-state index in [1.54, 1.807) is 0 Å². The van der Waals surface area contributed by atoms with Crippen LogP contribution in [0, 0.1) is 0 Å². The molecule has 0 bridgehead atoms. The lowest BCUT2D eigenvalue weighted by atomic mass is 9.62. The molecule has 1 aliphatic heterocycles. The van der Waals surface area contributed by atoms with Crippen molar-refractivity contribution in [3.63, 3.8) is 0 Å². The smallest absolute Gasteiger partial charge is 0.136 e. The summed E-state index contributed by atoms with van der Waals surface area (Å²) in [4.78, 5) is 7.82. The molecule has 248 valence electrons. The van der Waals surface area contributed by atoms with Gasteiger partial charge in [-0.3, -0.25) is 0 Å². The highest BCUT2D eigenvalue weighted by Crippen LogP contribution is 2.58. The number of fused-ring (bicyclic) bond motifs is 9. The van der Waals surface area contributed by atoms with Crippen LogP contribution in [0.15, 0.2) is 199 Å². The Labute approximate surface area is 307 Å². The molecule has 8 aromatic carbocycles. The zero-order chi connectivity index (χ0) is 34.9. The third-order valence-corrected chi connectivity index (χ3v) is 11.1. The summed E-state index contributed by atoms with van der Waals surface area (Å²) >= 11 is 0. The molecule has 3 nitrogen and oxygen atoms in total. The van der Waals surface area contributed by atoms with E-state index in [0.29, 0.717) is 0 Å². The normalized spacial score (nSPS) is 13.4. The van der Waals surface area contributed by atoms with Crippen LogP contribution in [0.25, 0.3) is 54.9 Å². The molecule has 0 fully saturated rings. The Balaban J connectivity index is 1.24. The molecule has 0 atom stereocenters. The van der Waals surface area contributed by atoms with Gasteiger partial charge in [-0.25, -0.2) is 4.98 Å². The van der Waals surface area contributed by atoms with Crippen molar-refractivity contribution in [2.24, 2.45) is 0 Å². The summed E-state index contributed by atoms with van der Waals surface area (Å²) in [6.07, 6.45) is 0. The quantitative estimate of drug-likeness (QED) is 0.174. The molecule has 1 aliphatic rings. The van der Waals surface area contributed by atoms with E-state index < -0.39 is 5.41 Å². The molecule has 0 radical (unpaired) electrons. The number of pyridine rings is 1. The number of anilines is 3. The van der Waals surface area contributed by atoms with E-state index in [1.807, 2.05) is 6.07 Å². The van der Waals surface area contributed by atoms with Gasteiger partial charge in [0.15, 0.2) is 0 Å². The van der Waals surface area contributed by atoms with Crippen LogP contribution in [0.3, 0.4) is 0 Å². The molecule has 0 saturated heterocycles. The fraction of sp³-hybridized carbons (Fsp3) is 0.0200. The van der Waals surface area contributed by atoms with Gasteiger partial charge < -0.3 is 9.32 Å². The van der Waals surface area contributed by atoms with Gasteiger partial charge in [-0.15, -0.1) is 0 Å². The highest BCUT2D eigenvalue weighted by Gasteiger charge is 2.46. The molecule has 0 N–H and O–H groups in total. The molecule has 10 aromatic rings. The van der Waals surface area contributed by atoms with Crippen molar-refractivity contribution in [3.8, 4) is 11.3 Å². The summed E-state index contributed by atoms with van der Waals surface area (Å²) < 4.78 is 6.47. The number of hydrogen-bond donors (Lipinski definition) is 0. The van der Waals surface area contributed by atoms with Gasteiger partial charge in [0.25, 0.3) is 0 Å². The lowest BCUT2D eigenvalue weighted by Gasteiger charge is -2.46. The summed E-state index contributed by atoms with van der Waals surface area (Å²) in [6.45, 7) is 0. The number of aromatic nitrogens is 1. The molecule has 3 heteroatoms. The van der Waals surface area contributed by atoms with Crippen LogP contribution in [0.1, 0.15) is 22.3 Å². The summed E-state index contributed by atoms with van der Waals surface area (Å²) in [6, 6.07) is 69.7. The predicted octanol–water partition coefficient (Wildman–Crippen LogP) is 13.1. The average molecular weight is 677 g/mol. The minimum Gasteiger partial charge on any atom is -0.456 e. The SMILES string of the molecule is c1ccc(-c2nc3ccc(N4c5ccccc5C(c5ccccc5)(c5ccccc5)c5ccccc54)cc3c3c2ccc2oc4ccccc4c23)cc1. The minimum absolute atomic E-state index is 0.524. The van der Waals surface area contributed by atoms with Crippen molar-refractivity contribution in [3.05, 3.63) is 216 Å². The largest absolute Gasteiger partial charge is 0.456 e. The van der Waals surface area contributed by atoms with Crippen molar-refractivity contribution >= 4 is 60.7 Å². The Bertz CT molecular complexity index is 2910. The molecule has 0 amide bonds. The molecule has 53 heavy (non-hydrogen) atoms. The highest BCUT2D eigenvalue weighted by atomic mass is 16.3. The van der Waals surface area contributed by atoms with E-state index in [1.165, 1.54) is 22.3 Å². The van der Waals surface area contributed by atoms with Crippen LogP contribution >= 0.6 is 0 Å². The van der Waals surface area contributed by atoms with Gasteiger partial charge in [0, 0.05) is 38.2 Å². The van der Waals surface area contributed by atoms with Crippen LogP contribution in [0.4, 0.5) is 17.1 Å². The van der Waals surface area contributed by atoms with Crippen LogP contribution < -0.4 is 4.90 Å². The third-order valence-electron chi connectivity index (χ3n) is 11.1. The second-order valence-corrected chi connectivity index (χ2v) is 13.8. The first-order valence-corrected chi connectivity index (χ1v) is 18.1. The number of rotatable bonds is 4. The number of furan rings is 1. The third kappa shape index (κ3) is 4.25. The van der Waals surface area contributed by atoms with Gasteiger partial charge in [-0.1, -0.05) is 146 Å². The second-order valence-electron chi connectivity index (χ2n) is 13.8. The summed E-state index contributed by atoms with van der Waals surface area (Å²) in [7, 11) is 0. The van der Waals surface area contributed by atoms with Gasteiger partial charge in [0.1, 0.15) is 11.2 Å². The maximum Gasteiger partial charge on any atom is 0.136 e. The topological polar surface area (TPSA) is 29.3 Å². The van der Waals surface area contributed by atoms with Crippen molar-refractivity contribution in [2.75, 3.05) is 4.90 Å². The minimum atomic E-state index is -0.524. The zero-order valence-electron chi connectivity index (χ0n) is 28.8. The molecule has 0 aliphatic carbocycles. The van der Waals surface area contributed by atoms with Gasteiger partial charge >= 0.3 is 0 Å². The Morgan fingerprint density at radius 3 is 1.70 bits per heavy atom. The Kier molecular flexibility index (Phi) is 6.47. The predicted molar refractivity (Wildman–Crippen MR) is 219 cm³/mol. The van der Waals surface area contributed by atoms with Crippen molar-refractivity contribution < 1.29 is 4.42 Å². The molecule has 11 rings (SSSR count). The Hall–Kier alpha value is -6.97. The number of nitrogens with zero attached hydrogens (tertiary/aromatic N) is 2. The maximum atomic E-state index is 6.47.